The van der Waals surface area contributed by atoms with Crippen LogP contribution in [0.15, 0.2) is 42.9 Å². The Hall–Kier alpha value is -3.02. The lowest BCUT2D eigenvalue weighted by molar-refractivity contribution is 0.930. The second kappa shape index (κ2) is 7.70. The summed E-state index contributed by atoms with van der Waals surface area (Å²) in [6.07, 6.45) is 7.94. The van der Waals surface area contributed by atoms with Gasteiger partial charge in [-0.2, -0.15) is 0 Å². The van der Waals surface area contributed by atoms with Crippen molar-refractivity contribution in [3.05, 3.63) is 59.7 Å². The van der Waals surface area contributed by atoms with E-state index in [-0.39, 0.29) is 0 Å². The largest absolute Gasteiger partial charge is 0.366 e. The number of hydrogen-bond donors (Lipinski definition) is 1. The SMILES string of the molecule is Cc1nc(-c2cccnc2)nc(NCc2ccnc(N3CCCC3)c2)c1C. The van der Waals surface area contributed by atoms with Crippen molar-refractivity contribution in [3.8, 4) is 11.4 Å². The Morgan fingerprint density at radius 2 is 1.93 bits per heavy atom. The van der Waals surface area contributed by atoms with Crippen molar-refractivity contribution >= 4 is 11.6 Å². The van der Waals surface area contributed by atoms with Crippen molar-refractivity contribution < 1.29 is 0 Å². The standard InChI is InChI=1S/C21H24N6/c1-15-16(2)25-21(18-6-5-8-22-14-18)26-20(15)24-13-17-7-9-23-19(12-17)27-10-3-4-11-27/h5-9,12,14H,3-4,10-11,13H2,1-2H3,(H,24,25,26). The van der Waals surface area contributed by atoms with Crippen LogP contribution in [-0.2, 0) is 6.54 Å². The van der Waals surface area contributed by atoms with Crippen molar-refractivity contribution in [3.63, 3.8) is 0 Å². The highest BCUT2D eigenvalue weighted by Gasteiger charge is 2.14. The van der Waals surface area contributed by atoms with Crippen LogP contribution in [0.3, 0.4) is 0 Å². The second-order valence-corrected chi connectivity index (χ2v) is 6.92. The fourth-order valence-electron chi connectivity index (χ4n) is 3.30. The molecule has 0 aliphatic carbocycles. The third kappa shape index (κ3) is 3.89. The van der Waals surface area contributed by atoms with Gasteiger partial charge in [-0.1, -0.05) is 0 Å². The predicted octanol–water partition coefficient (Wildman–Crippen LogP) is 3.76. The highest BCUT2D eigenvalue weighted by molar-refractivity contribution is 5.58. The zero-order chi connectivity index (χ0) is 18.6. The highest BCUT2D eigenvalue weighted by atomic mass is 15.2. The van der Waals surface area contributed by atoms with Crippen LogP contribution >= 0.6 is 0 Å². The molecule has 0 radical (unpaired) electrons. The molecule has 4 heterocycles. The maximum absolute atomic E-state index is 4.73. The molecule has 4 rings (SSSR count). The van der Waals surface area contributed by atoms with Gasteiger partial charge in [0.25, 0.3) is 0 Å². The molecule has 1 fully saturated rings. The molecule has 27 heavy (non-hydrogen) atoms. The van der Waals surface area contributed by atoms with Gasteiger partial charge in [0.05, 0.1) is 0 Å². The van der Waals surface area contributed by atoms with E-state index in [0.29, 0.717) is 12.4 Å². The third-order valence-electron chi connectivity index (χ3n) is 5.01. The van der Waals surface area contributed by atoms with Crippen molar-refractivity contribution in [1.29, 1.82) is 0 Å². The summed E-state index contributed by atoms with van der Waals surface area (Å²) in [7, 11) is 0. The summed E-state index contributed by atoms with van der Waals surface area (Å²) in [4.78, 5) is 20.4. The fourth-order valence-corrected chi connectivity index (χ4v) is 3.30. The summed E-state index contributed by atoms with van der Waals surface area (Å²) < 4.78 is 0. The van der Waals surface area contributed by atoms with Crippen molar-refractivity contribution in [2.75, 3.05) is 23.3 Å². The van der Waals surface area contributed by atoms with Gasteiger partial charge in [0.1, 0.15) is 11.6 Å². The maximum atomic E-state index is 4.73. The monoisotopic (exact) mass is 360 g/mol. The predicted molar refractivity (Wildman–Crippen MR) is 108 cm³/mol. The summed E-state index contributed by atoms with van der Waals surface area (Å²) in [5, 5.41) is 3.48. The van der Waals surface area contributed by atoms with E-state index < -0.39 is 0 Å². The molecule has 0 spiro atoms. The van der Waals surface area contributed by atoms with E-state index in [2.05, 4.69) is 37.3 Å². The number of nitrogens with one attached hydrogen (secondary N) is 1. The first kappa shape index (κ1) is 17.4. The van der Waals surface area contributed by atoms with Crippen LogP contribution in [-0.4, -0.2) is 33.0 Å². The van der Waals surface area contributed by atoms with Crippen LogP contribution in [0.25, 0.3) is 11.4 Å². The van der Waals surface area contributed by atoms with E-state index in [9.17, 15) is 0 Å². The summed E-state index contributed by atoms with van der Waals surface area (Å²) in [5.74, 6) is 2.63. The second-order valence-electron chi connectivity index (χ2n) is 6.92. The van der Waals surface area contributed by atoms with E-state index in [4.69, 9.17) is 4.98 Å². The molecule has 3 aromatic rings. The van der Waals surface area contributed by atoms with Crippen LogP contribution in [0.2, 0.25) is 0 Å². The molecule has 1 N–H and O–H groups in total. The Bertz CT molecular complexity index is 919. The van der Waals surface area contributed by atoms with Crippen molar-refractivity contribution in [2.24, 2.45) is 0 Å². The van der Waals surface area contributed by atoms with Gasteiger partial charge in [-0.05, 0) is 56.5 Å². The van der Waals surface area contributed by atoms with Gasteiger partial charge in [0.2, 0.25) is 0 Å². The molecule has 6 nitrogen and oxygen atoms in total. The molecular weight excluding hydrogens is 336 g/mol. The van der Waals surface area contributed by atoms with E-state index in [1.54, 1.807) is 12.4 Å². The Labute approximate surface area is 159 Å². The van der Waals surface area contributed by atoms with Gasteiger partial charge < -0.3 is 10.2 Å². The minimum Gasteiger partial charge on any atom is -0.366 e. The quantitative estimate of drug-likeness (QED) is 0.747. The van der Waals surface area contributed by atoms with E-state index >= 15 is 0 Å². The van der Waals surface area contributed by atoms with Crippen molar-refractivity contribution in [1.82, 2.24) is 19.9 Å². The first-order valence-corrected chi connectivity index (χ1v) is 9.40. The smallest absolute Gasteiger partial charge is 0.163 e. The zero-order valence-corrected chi connectivity index (χ0v) is 15.8. The number of aryl methyl sites for hydroxylation is 1. The lowest BCUT2D eigenvalue weighted by Gasteiger charge is -2.17. The van der Waals surface area contributed by atoms with E-state index in [1.165, 1.54) is 18.4 Å². The molecule has 0 unspecified atom stereocenters. The summed E-state index contributed by atoms with van der Waals surface area (Å²) in [5.41, 5.74) is 4.16. The molecule has 0 saturated carbocycles. The number of aromatic nitrogens is 4. The van der Waals surface area contributed by atoms with Gasteiger partial charge in [-0.15, -0.1) is 0 Å². The van der Waals surface area contributed by atoms with Gasteiger partial charge in [-0.3, -0.25) is 4.98 Å². The average molecular weight is 360 g/mol. The number of hydrogen-bond acceptors (Lipinski definition) is 6. The topological polar surface area (TPSA) is 66.8 Å². The number of pyridine rings is 2. The first-order valence-electron chi connectivity index (χ1n) is 9.40. The number of nitrogens with zero attached hydrogens (tertiary/aromatic N) is 5. The minimum atomic E-state index is 0.696. The average Bonchev–Trinajstić information content (AvgIpc) is 3.25. The lowest BCUT2D eigenvalue weighted by atomic mass is 10.2. The van der Waals surface area contributed by atoms with Crippen LogP contribution in [0, 0.1) is 13.8 Å². The third-order valence-corrected chi connectivity index (χ3v) is 5.01. The van der Waals surface area contributed by atoms with Crippen LogP contribution in [0.1, 0.15) is 29.7 Å². The number of rotatable bonds is 5. The molecule has 0 amide bonds. The first-order chi connectivity index (χ1) is 13.2. The zero-order valence-electron chi connectivity index (χ0n) is 15.8. The summed E-state index contributed by atoms with van der Waals surface area (Å²) >= 11 is 0. The Morgan fingerprint density at radius 1 is 1.07 bits per heavy atom. The Morgan fingerprint density at radius 3 is 2.70 bits per heavy atom. The summed E-state index contributed by atoms with van der Waals surface area (Å²) in [6.45, 7) is 6.96. The van der Waals surface area contributed by atoms with E-state index in [0.717, 1.165) is 41.5 Å². The number of anilines is 2. The van der Waals surface area contributed by atoms with Gasteiger partial charge in [0, 0.05) is 55.0 Å². The van der Waals surface area contributed by atoms with E-state index in [1.807, 2.05) is 32.2 Å². The molecular formula is C21H24N6. The lowest BCUT2D eigenvalue weighted by Crippen LogP contribution is -2.19. The van der Waals surface area contributed by atoms with Gasteiger partial charge >= 0.3 is 0 Å². The molecule has 0 atom stereocenters. The van der Waals surface area contributed by atoms with Gasteiger partial charge in [0.15, 0.2) is 5.82 Å². The molecule has 0 bridgehead atoms. The molecule has 138 valence electrons. The molecule has 6 heteroatoms. The molecule has 3 aromatic heterocycles. The van der Waals surface area contributed by atoms with Crippen LogP contribution < -0.4 is 10.2 Å². The Kier molecular flexibility index (Phi) is 4.96. The summed E-state index contributed by atoms with van der Waals surface area (Å²) in [6, 6.07) is 8.10. The maximum Gasteiger partial charge on any atom is 0.163 e. The molecule has 1 aliphatic rings. The van der Waals surface area contributed by atoms with Gasteiger partial charge in [-0.25, -0.2) is 15.0 Å². The minimum absolute atomic E-state index is 0.696. The van der Waals surface area contributed by atoms with Crippen LogP contribution in [0.5, 0.6) is 0 Å². The van der Waals surface area contributed by atoms with Crippen LogP contribution in [0.4, 0.5) is 11.6 Å². The Balaban J connectivity index is 1.54. The molecule has 1 saturated heterocycles. The highest BCUT2D eigenvalue weighted by Crippen LogP contribution is 2.23. The fraction of sp³-hybridized carbons (Fsp3) is 0.333. The molecule has 0 aromatic carbocycles. The normalized spacial score (nSPS) is 13.8. The van der Waals surface area contributed by atoms with Crippen molar-refractivity contribution in [2.45, 2.75) is 33.2 Å². The molecule has 1 aliphatic heterocycles.